The van der Waals surface area contributed by atoms with Gasteiger partial charge in [-0.15, -0.1) is 16.4 Å². The number of benzene rings is 3. The number of nitrogen functional groups attached to an aromatic ring is 1. The predicted octanol–water partition coefficient (Wildman–Crippen LogP) is 5.11. The molecule has 0 unspecified atom stereocenters. The number of carbonyl (C=O) groups is 3. The number of nitrogens with zero attached hydrogens (tertiary/aromatic N) is 6. The van der Waals surface area contributed by atoms with E-state index in [1.165, 1.54) is 15.9 Å². The fourth-order valence-electron chi connectivity index (χ4n) is 7.07. The van der Waals surface area contributed by atoms with Crippen LogP contribution in [0.1, 0.15) is 73.8 Å². The molecule has 61 heavy (non-hydrogen) atoms. The Labute approximate surface area is 351 Å². The molecule has 1 amide bonds. The minimum Gasteiger partial charge on any atom is -0.464 e. The molecule has 5 heterocycles. The molecule has 8 rings (SSSR count). The number of rotatable bonds is 13. The van der Waals surface area contributed by atoms with Crippen molar-refractivity contribution in [1.29, 1.82) is 0 Å². The molecular weight excluding hydrogens is 797 g/mol. The van der Waals surface area contributed by atoms with E-state index in [1.54, 1.807) is 71.3 Å². The molecule has 0 aliphatic heterocycles. The molecule has 0 radical (unpaired) electrons. The predicted molar refractivity (Wildman–Crippen MR) is 229 cm³/mol. The minimum absolute atomic E-state index is 0.0219. The van der Waals surface area contributed by atoms with Gasteiger partial charge in [0.15, 0.2) is 17.2 Å². The number of fused-ring (bicyclic) bond motifs is 3. The Bertz CT molecular complexity index is 3060. The second-order valence-electron chi connectivity index (χ2n) is 14.1. The molecule has 0 saturated carbocycles. The van der Waals surface area contributed by atoms with Gasteiger partial charge in [-0.2, -0.15) is 5.10 Å². The maximum atomic E-state index is 14.5. The molecule has 0 saturated heterocycles. The first kappa shape index (κ1) is 40.3. The van der Waals surface area contributed by atoms with Crippen molar-refractivity contribution in [2.45, 2.75) is 45.6 Å². The standard InChI is InChI=1S/C45H38N8O7S/c1-27(49-44(58)41-42(46)50-52-16-6-15-47-43(41)52)35-20-30-8-5-7-29(40(30)45(59)53(35)34-9-3-2-4-10-34)12-11-28-23-48-51(24-28)17-18-60-39(57)14-13-36(56)38-21-31-19-32(25-54)33(26-55)22-37(31)61-38/h2-10,15-16,19-24,27,54-55H,13-14,17-18,25-26H2,1H3,(H2,46,50)(H,49,58)/t27-/m0/s1. The lowest BCUT2D eigenvalue weighted by molar-refractivity contribution is -0.143. The van der Waals surface area contributed by atoms with Gasteiger partial charge in [0.05, 0.1) is 54.2 Å². The van der Waals surface area contributed by atoms with Gasteiger partial charge in [-0.05, 0) is 77.4 Å². The van der Waals surface area contributed by atoms with Gasteiger partial charge in [-0.1, -0.05) is 42.2 Å². The molecule has 16 heteroatoms. The first-order valence-electron chi connectivity index (χ1n) is 19.3. The number of Topliss-reactive ketones (excluding diaryl/α,β-unsaturated/α-hetero) is 1. The van der Waals surface area contributed by atoms with Crippen LogP contribution >= 0.6 is 11.3 Å². The minimum atomic E-state index is -0.651. The molecule has 0 bridgehead atoms. The number of aromatic nitrogens is 6. The van der Waals surface area contributed by atoms with Crippen LogP contribution in [0.2, 0.25) is 0 Å². The van der Waals surface area contributed by atoms with Crippen LogP contribution < -0.4 is 16.6 Å². The zero-order valence-electron chi connectivity index (χ0n) is 32.7. The van der Waals surface area contributed by atoms with Crippen LogP contribution in [0.5, 0.6) is 0 Å². The van der Waals surface area contributed by atoms with Gasteiger partial charge >= 0.3 is 5.97 Å². The van der Waals surface area contributed by atoms with E-state index in [0.717, 1.165) is 10.1 Å². The van der Waals surface area contributed by atoms with Crippen molar-refractivity contribution in [3.8, 4) is 17.5 Å². The number of pyridine rings is 1. The Kier molecular flexibility index (Phi) is 11.5. The fourth-order valence-corrected chi connectivity index (χ4v) is 8.15. The first-order valence-corrected chi connectivity index (χ1v) is 20.1. The van der Waals surface area contributed by atoms with Gasteiger partial charge in [0.25, 0.3) is 11.5 Å². The fraction of sp³-hybridized carbons (Fsp3) is 0.178. The van der Waals surface area contributed by atoms with Crippen LogP contribution in [0.25, 0.3) is 32.2 Å². The zero-order chi connectivity index (χ0) is 42.6. The van der Waals surface area contributed by atoms with Crippen LogP contribution in [0, 0.1) is 11.8 Å². The Morgan fingerprint density at radius 2 is 1.75 bits per heavy atom. The quantitative estimate of drug-likeness (QED) is 0.0682. The van der Waals surface area contributed by atoms with Gasteiger partial charge < -0.3 is 26.0 Å². The number of carbonyl (C=O) groups excluding carboxylic acids is 3. The zero-order valence-corrected chi connectivity index (χ0v) is 33.6. The Morgan fingerprint density at radius 1 is 0.951 bits per heavy atom. The monoisotopic (exact) mass is 834 g/mol. The maximum absolute atomic E-state index is 14.5. The molecule has 0 aliphatic rings. The highest BCUT2D eigenvalue weighted by Gasteiger charge is 2.24. The Hall–Kier alpha value is -7.45. The van der Waals surface area contributed by atoms with Crippen LogP contribution in [-0.2, 0) is 29.3 Å². The number of nitrogens with one attached hydrogen (secondary N) is 1. The molecule has 0 spiro atoms. The van der Waals surface area contributed by atoms with E-state index in [-0.39, 0.29) is 61.9 Å². The third-order valence-electron chi connectivity index (χ3n) is 10.1. The van der Waals surface area contributed by atoms with Crippen LogP contribution in [0.15, 0.2) is 108 Å². The Balaban J connectivity index is 0.943. The molecule has 0 aliphatic carbocycles. The summed E-state index contributed by atoms with van der Waals surface area (Å²) in [6, 6.07) is 22.7. The average molecular weight is 835 g/mol. The van der Waals surface area contributed by atoms with Crippen molar-refractivity contribution < 1.29 is 29.3 Å². The molecule has 3 aromatic carbocycles. The largest absolute Gasteiger partial charge is 0.464 e. The summed E-state index contributed by atoms with van der Waals surface area (Å²) in [5.74, 6) is 5.07. The third-order valence-corrected chi connectivity index (χ3v) is 11.2. The number of aliphatic hydroxyl groups excluding tert-OH is 2. The highest BCUT2D eigenvalue weighted by Crippen LogP contribution is 2.30. The summed E-state index contributed by atoms with van der Waals surface area (Å²) in [4.78, 5) is 58.2. The van der Waals surface area contributed by atoms with Crippen LogP contribution in [-0.4, -0.2) is 63.4 Å². The topological polar surface area (TPSA) is 209 Å². The number of para-hydroxylation sites is 1. The highest BCUT2D eigenvalue weighted by molar-refractivity contribution is 7.20. The molecule has 5 N–H and O–H groups in total. The van der Waals surface area contributed by atoms with Gasteiger partial charge in [-0.25, -0.2) is 9.50 Å². The number of ketones is 1. The van der Waals surface area contributed by atoms with E-state index in [2.05, 4.69) is 32.3 Å². The molecule has 8 aromatic rings. The number of nitrogens with two attached hydrogens (primary N) is 1. The van der Waals surface area contributed by atoms with Crippen molar-refractivity contribution in [3.05, 3.63) is 152 Å². The lowest BCUT2D eigenvalue weighted by atomic mass is 10.0. The van der Waals surface area contributed by atoms with Crippen molar-refractivity contribution in [1.82, 2.24) is 34.3 Å². The van der Waals surface area contributed by atoms with Crippen LogP contribution in [0.4, 0.5) is 5.82 Å². The summed E-state index contributed by atoms with van der Waals surface area (Å²) in [6.45, 7) is 1.64. The lowest BCUT2D eigenvalue weighted by Crippen LogP contribution is -2.32. The van der Waals surface area contributed by atoms with Crippen molar-refractivity contribution in [2.24, 2.45) is 0 Å². The first-order chi connectivity index (χ1) is 29.6. The molecular formula is C45H38N8O7S. The molecule has 1 atom stereocenters. The molecule has 0 fully saturated rings. The number of aliphatic hydroxyl groups is 2. The number of ether oxygens (including phenoxy) is 1. The van der Waals surface area contributed by atoms with Gasteiger partial charge in [0.1, 0.15) is 12.2 Å². The Morgan fingerprint density at radius 3 is 2.56 bits per heavy atom. The SMILES string of the molecule is C[C@H](NC(=O)c1c(N)nn2cccnc12)c1cc2cccc(C#Cc3cnn(CCOC(=O)CCC(=O)c4cc5cc(CO)c(CO)cc5s4)c3)c2c(=O)n1-c1ccccc1. The molecule has 306 valence electrons. The van der Waals surface area contributed by atoms with E-state index in [0.29, 0.717) is 54.9 Å². The molecule has 15 nitrogen and oxygen atoms in total. The normalized spacial score (nSPS) is 11.7. The summed E-state index contributed by atoms with van der Waals surface area (Å²) in [5.41, 5.74) is 9.66. The summed E-state index contributed by atoms with van der Waals surface area (Å²) in [7, 11) is 0. The number of hydrogen-bond acceptors (Lipinski definition) is 12. The smallest absolute Gasteiger partial charge is 0.306 e. The van der Waals surface area contributed by atoms with Gasteiger partial charge in [0, 0.05) is 46.7 Å². The van der Waals surface area contributed by atoms with E-state index in [1.807, 2.05) is 48.5 Å². The maximum Gasteiger partial charge on any atom is 0.306 e. The lowest BCUT2D eigenvalue weighted by Gasteiger charge is -2.21. The van der Waals surface area contributed by atoms with Crippen LogP contribution in [0.3, 0.4) is 0 Å². The second kappa shape index (κ2) is 17.4. The van der Waals surface area contributed by atoms with Crippen molar-refractivity contribution >= 4 is 61.3 Å². The highest BCUT2D eigenvalue weighted by atomic mass is 32.1. The number of hydrogen-bond donors (Lipinski definition) is 4. The van der Waals surface area contributed by atoms with E-state index < -0.39 is 17.9 Å². The van der Waals surface area contributed by atoms with E-state index >= 15 is 0 Å². The number of amides is 1. The number of thiophene rings is 1. The van der Waals surface area contributed by atoms with Gasteiger partial charge in [-0.3, -0.25) is 28.4 Å². The second-order valence-corrected chi connectivity index (χ2v) is 15.2. The summed E-state index contributed by atoms with van der Waals surface area (Å²) in [5, 5.41) is 32.5. The summed E-state index contributed by atoms with van der Waals surface area (Å²) in [6.07, 6.45) is 6.37. The average Bonchev–Trinajstić information content (AvgIpc) is 4.00. The van der Waals surface area contributed by atoms with E-state index in [9.17, 15) is 29.4 Å². The van der Waals surface area contributed by atoms with Gasteiger partial charge in [0.2, 0.25) is 0 Å². The third kappa shape index (κ3) is 8.38. The summed E-state index contributed by atoms with van der Waals surface area (Å²) < 4.78 is 10.8. The number of esters is 1. The van der Waals surface area contributed by atoms with Crippen molar-refractivity contribution in [3.63, 3.8) is 0 Å². The van der Waals surface area contributed by atoms with Crippen molar-refractivity contribution in [2.75, 3.05) is 12.3 Å². The number of anilines is 1. The summed E-state index contributed by atoms with van der Waals surface area (Å²) >= 11 is 1.28. The molecule has 5 aromatic heterocycles. The van der Waals surface area contributed by atoms with E-state index in [4.69, 9.17) is 10.5 Å².